The summed E-state index contributed by atoms with van der Waals surface area (Å²) in [7, 11) is 0. The molecular weight excluding hydrogens is 352 g/mol. The van der Waals surface area contributed by atoms with Crippen LogP contribution < -0.4 is 15.4 Å². The minimum absolute atomic E-state index is 0. The quantitative estimate of drug-likeness (QED) is 0.750. The summed E-state index contributed by atoms with van der Waals surface area (Å²) in [5, 5.41) is 16.5. The molecule has 0 spiro atoms. The van der Waals surface area contributed by atoms with E-state index >= 15 is 0 Å². The second-order valence-electron chi connectivity index (χ2n) is 7.86. The molecule has 1 aliphatic heterocycles. The van der Waals surface area contributed by atoms with Gasteiger partial charge in [-0.3, -0.25) is 4.79 Å². The number of carbonyl (C=O) groups excluding carboxylic acids is 1. The van der Waals surface area contributed by atoms with E-state index in [-0.39, 0.29) is 35.9 Å². The molecule has 3 N–H and O–H groups in total. The molecule has 1 saturated heterocycles. The first-order valence-corrected chi connectivity index (χ1v) is 9.64. The number of hydrogen-bond donors (Lipinski definition) is 3. The molecule has 3 aliphatic rings. The lowest BCUT2D eigenvalue weighted by molar-refractivity contribution is -0.125. The molecule has 2 unspecified atom stereocenters. The van der Waals surface area contributed by atoms with Gasteiger partial charge in [0.15, 0.2) is 0 Å². The average molecular weight is 381 g/mol. The Balaban J connectivity index is 0.00000196. The number of amides is 1. The van der Waals surface area contributed by atoms with Gasteiger partial charge in [-0.15, -0.1) is 12.4 Å². The van der Waals surface area contributed by atoms with Gasteiger partial charge in [-0.25, -0.2) is 0 Å². The van der Waals surface area contributed by atoms with E-state index in [2.05, 4.69) is 10.6 Å². The topological polar surface area (TPSA) is 70.6 Å². The van der Waals surface area contributed by atoms with E-state index in [1.807, 2.05) is 24.3 Å². The van der Waals surface area contributed by atoms with Crippen molar-refractivity contribution < 1.29 is 14.6 Å². The molecule has 26 heavy (non-hydrogen) atoms. The maximum Gasteiger partial charge on any atom is 0.232 e. The third kappa shape index (κ3) is 3.71. The number of carbonyl (C=O) groups is 1. The summed E-state index contributed by atoms with van der Waals surface area (Å²) in [5.41, 5.74) is 0.593. The smallest absolute Gasteiger partial charge is 0.232 e. The number of halogens is 1. The lowest BCUT2D eigenvalue weighted by Crippen LogP contribution is -2.39. The highest BCUT2D eigenvalue weighted by Gasteiger charge is 2.51. The summed E-state index contributed by atoms with van der Waals surface area (Å²) >= 11 is 0. The van der Waals surface area contributed by atoms with E-state index in [0.717, 1.165) is 69.5 Å². The van der Waals surface area contributed by atoms with Crippen LogP contribution >= 0.6 is 12.4 Å². The standard InChI is InChI=1S/C20H28N2O3.ClH/c23-17-5-1-2-6-18(17)25-16-9-7-15(8-10-16)22-19(24)20-11-3-4-14(20)12-21-13-20;/h7-10,14,17-18,21,23H,1-6,11-13H2,(H,22,24);1H/t14-,17?,18?,20-;/m1./s1. The highest BCUT2D eigenvalue weighted by molar-refractivity contribution is 5.96. The fourth-order valence-electron chi connectivity index (χ4n) is 4.79. The third-order valence-electron chi connectivity index (χ3n) is 6.31. The predicted molar refractivity (Wildman–Crippen MR) is 104 cm³/mol. The van der Waals surface area contributed by atoms with Crippen LogP contribution in [-0.2, 0) is 4.79 Å². The number of hydrogen-bond acceptors (Lipinski definition) is 4. The Morgan fingerprint density at radius 1 is 1.15 bits per heavy atom. The highest BCUT2D eigenvalue weighted by Crippen LogP contribution is 2.46. The van der Waals surface area contributed by atoms with Gasteiger partial charge in [0.2, 0.25) is 5.91 Å². The van der Waals surface area contributed by atoms with E-state index in [4.69, 9.17) is 4.74 Å². The van der Waals surface area contributed by atoms with Crippen molar-refractivity contribution in [1.82, 2.24) is 5.32 Å². The van der Waals surface area contributed by atoms with Crippen LogP contribution in [0.1, 0.15) is 44.9 Å². The molecule has 2 aliphatic carbocycles. The summed E-state index contributed by atoms with van der Waals surface area (Å²) in [5.74, 6) is 1.38. The molecule has 144 valence electrons. The monoisotopic (exact) mass is 380 g/mol. The number of anilines is 1. The molecule has 1 heterocycles. The lowest BCUT2D eigenvalue weighted by Gasteiger charge is -2.28. The van der Waals surface area contributed by atoms with Crippen molar-refractivity contribution in [2.75, 3.05) is 18.4 Å². The number of nitrogens with one attached hydrogen (secondary N) is 2. The molecule has 0 aromatic heterocycles. The Kier molecular flexibility index (Phi) is 6.10. The molecule has 1 aromatic carbocycles. The Labute approximate surface area is 161 Å². The van der Waals surface area contributed by atoms with Gasteiger partial charge in [-0.1, -0.05) is 12.8 Å². The van der Waals surface area contributed by atoms with Crippen molar-refractivity contribution in [2.24, 2.45) is 11.3 Å². The van der Waals surface area contributed by atoms with Gasteiger partial charge in [-0.2, -0.15) is 0 Å². The summed E-state index contributed by atoms with van der Waals surface area (Å²) < 4.78 is 5.92. The first-order chi connectivity index (χ1) is 12.2. The van der Waals surface area contributed by atoms with Crippen molar-refractivity contribution in [3.63, 3.8) is 0 Å². The molecule has 0 bridgehead atoms. The first kappa shape index (κ1) is 19.5. The number of rotatable bonds is 4. The van der Waals surface area contributed by atoms with Crippen LogP contribution in [0.25, 0.3) is 0 Å². The maximum absolute atomic E-state index is 12.8. The molecule has 2 saturated carbocycles. The fourth-order valence-corrected chi connectivity index (χ4v) is 4.79. The summed E-state index contributed by atoms with van der Waals surface area (Å²) in [4.78, 5) is 12.8. The number of benzene rings is 1. The van der Waals surface area contributed by atoms with E-state index in [1.54, 1.807) is 0 Å². The van der Waals surface area contributed by atoms with Gasteiger partial charge < -0.3 is 20.5 Å². The summed E-state index contributed by atoms with van der Waals surface area (Å²) in [6.07, 6.45) is 6.69. The second kappa shape index (κ2) is 8.15. The van der Waals surface area contributed by atoms with Crippen LogP contribution in [-0.4, -0.2) is 36.3 Å². The molecular formula is C20H29ClN2O3. The molecule has 3 fully saturated rings. The number of fused-ring (bicyclic) bond motifs is 1. The molecule has 4 rings (SSSR count). The Bertz CT molecular complexity index is 612. The minimum Gasteiger partial charge on any atom is -0.488 e. The van der Waals surface area contributed by atoms with Crippen LogP contribution in [0.15, 0.2) is 24.3 Å². The molecule has 0 radical (unpaired) electrons. The second-order valence-corrected chi connectivity index (χ2v) is 7.86. The van der Waals surface area contributed by atoms with Gasteiger partial charge >= 0.3 is 0 Å². The van der Waals surface area contributed by atoms with Crippen molar-refractivity contribution in [3.05, 3.63) is 24.3 Å². The van der Waals surface area contributed by atoms with Crippen molar-refractivity contribution in [2.45, 2.75) is 57.2 Å². The minimum atomic E-state index is -0.374. The zero-order valence-corrected chi connectivity index (χ0v) is 15.9. The van der Waals surface area contributed by atoms with Gasteiger partial charge in [-0.05, 0) is 68.8 Å². The third-order valence-corrected chi connectivity index (χ3v) is 6.31. The van der Waals surface area contributed by atoms with Crippen LogP contribution in [0.5, 0.6) is 5.75 Å². The molecule has 4 atom stereocenters. The van der Waals surface area contributed by atoms with E-state index in [0.29, 0.717) is 5.92 Å². The van der Waals surface area contributed by atoms with E-state index in [1.165, 1.54) is 0 Å². The van der Waals surface area contributed by atoms with E-state index < -0.39 is 0 Å². The maximum atomic E-state index is 12.8. The van der Waals surface area contributed by atoms with Gasteiger partial charge in [0, 0.05) is 12.2 Å². The number of aliphatic hydroxyl groups excluding tert-OH is 1. The zero-order valence-electron chi connectivity index (χ0n) is 15.1. The van der Waals surface area contributed by atoms with Gasteiger partial charge in [0.1, 0.15) is 11.9 Å². The average Bonchev–Trinajstić information content (AvgIpc) is 3.19. The van der Waals surface area contributed by atoms with Crippen molar-refractivity contribution in [1.29, 1.82) is 0 Å². The van der Waals surface area contributed by atoms with Crippen LogP contribution in [0.3, 0.4) is 0 Å². The Morgan fingerprint density at radius 3 is 2.69 bits per heavy atom. The van der Waals surface area contributed by atoms with Crippen LogP contribution in [0.2, 0.25) is 0 Å². The molecule has 6 heteroatoms. The molecule has 1 aromatic rings. The number of aliphatic hydroxyl groups is 1. The van der Waals surface area contributed by atoms with Crippen molar-refractivity contribution in [3.8, 4) is 5.75 Å². The van der Waals surface area contributed by atoms with Gasteiger partial charge in [0.25, 0.3) is 0 Å². The van der Waals surface area contributed by atoms with Crippen molar-refractivity contribution >= 4 is 24.0 Å². The summed E-state index contributed by atoms with van der Waals surface area (Å²) in [6.45, 7) is 1.76. The van der Waals surface area contributed by atoms with Crippen LogP contribution in [0, 0.1) is 11.3 Å². The Morgan fingerprint density at radius 2 is 1.92 bits per heavy atom. The lowest BCUT2D eigenvalue weighted by atomic mass is 9.80. The summed E-state index contributed by atoms with van der Waals surface area (Å²) in [6, 6.07) is 7.55. The SMILES string of the molecule is Cl.O=C(Nc1ccc(OC2CCCCC2O)cc1)[C@@]12CCC[C@@H]1CNC2. The normalized spacial score (nSPS) is 33.2. The Hall–Kier alpha value is -1.30. The highest BCUT2D eigenvalue weighted by atomic mass is 35.5. The first-order valence-electron chi connectivity index (χ1n) is 9.64. The molecule has 1 amide bonds. The molecule has 5 nitrogen and oxygen atoms in total. The zero-order chi connectivity index (χ0) is 17.3. The van der Waals surface area contributed by atoms with E-state index in [9.17, 15) is 9.90 Å². The number of ether oxygens (including phenoxy) is 1. The fraction of sp³-hybridized carbons (Fsp3) is 0.650. The predicted octanol–water partition coefficient (Wildman–Crippen LogP) is 3.12. The largest absolute Gasteiger partial charge is 0.488 e. The van der Waals surface area contributed by atoms with Crippen LogP contribution in [0.4, 0.5) is 5.69 Å². The van der Waals surface area contributed by atoms with Gasteiger partial charge in [0.05, 0.1) is 11.5 Å².